The summed E-state index contributed by atoms with van der Waals surface area (Å²) < 4.78 is 50.4. The lowest BCUT2D eigenvalue weighted by molar-refractivity contribution is -0.137. The van der Waals surface area contributed by atoms with E-state index in [1.54, 1.807) is 0 Å². The molecule has 0 aromatic carbocycles. The van der Waals surface area contributed by atoms with E-state index < -0.39 is 11.7 Å². The standard InChI is InChI=1S/C10H11F3N2O/c11-10(12,13)8-2-1-4-14-9(8)15-7-3-5-16-6-7/h1-2,4,7H,3,5-6H2,(H,14,15)/i1D. The molecule has 1 atom stereocenters. The van der Waals surface area contributed by atoms with Crippen molar-refractivity contribution in [3.05, 3.63) is 23.9 Å². The Bertz CT molecular complexity index is 405. The molecule has 1 aromatic rings. The first-order valence-corrected chi connectivity index (χ1v) is 4.85. The van der Waals surface area contributed by atoms with Crippen LogP contribution in [0.4, 0.5) is 19.0 Å². The smallest absolute Gasteiger partial charge is 0.379 e. The molecule has 0 saturated carbocycles. The van der Waals surface area contributed by atoms with E-state index >= 15 is 0 Å². The Morgan fingerprint density at radius 3 is 3.00 bits per heavy atom. The lowest BCUT2D eigenvalue weighted by atomic mass is 10.2. The van der Waals surface area contributed by atoms with Gasteiger partial charge in [0.25, 0.3) is 0 Å². The normalized spacial score (nSPS) is 21.9. The summed E-state index contributed by atoms with van der Waals surface area (Å²) in [7, 11) is 0. The van der Waals surface area contributed by atoms with Gasteiger partial charge in [0.15, 0.2) is 0 Å². The van der Waals surface area contributed by atoms with Gasteiger partial charge in [-0.25, -0.2) is 4.98 Å². The van der Waals surface area contributed by atoms with Crippen LogP contribution in [0.2, 0.25) is 0 Å². The van der Waals surface area contributed by atoms with E-state index in [2.05, 4.69) is 10.3 Å². The van der Waals surface area contributed by atoms with Crippen molar-refractivity contribution in [1.82, 2.24) is 4.98 Å². The maximum atomic E-state index is 12.7. The number of pyridine rings is 1. The molecule has 0 bridgehead atoms. The number of nitrogens with one attached hydrogen (secondary N) is 1. The summed E-state index contributed by atoms with van der Waals surface area (Å²) in [5, 5.41) is 2.70. The van der Waals surface area contributed by atoms with E-state index in [1.165, 1.54) is 0 Å². The van der Waals surface area contributed by atoms with Crippen LogP contribution in [0.5, 0.6) is 0 Å². The predicted molar refractivity (Wildman–Crippen MR) is 52.1 cm³/mol. The van der Waals surface area contributed by atoms with E-state index in [9.17, 15) is 13.2 Å². The van der Waals surface area contributed by atoms with Crippen LogP contribution in [0.15, 0.2) is 18.3 Å². The summed E-state index contributed by atoms with van der Waals surface area (Å²) in [5.74, 6) is -0.232. The minimum atomic E-state index is -4.51. The quantitative estimate of drug-likeness (QED) is 0.851. The Labute approximate surface area is 92.0 Å². The van der Waals surface area contributed by atoms with Crippen LogP contribution in [-0.4, -0.2) is 24.2 Å². The number of hydrogen-bond donors (Lipinski definition) is 1. The highest BCUT2D eigenvalue weighted by molar-refractivity contribution is 5.46. The summed E-state index contributed by atoms with van der Waals surface area (Å²) in [4.78, 5) is 3.63. The molecule has 1 aliphatic heterocycles. The van der Waals surface area contributed by atoms with Gasteiger partial charge >= 0.3 is 6.18 Å². The van der Waals surface area contributed by atoms with Crippen molar-refractivity contribution in [3.63, 3.8) is 0 Å². The maximum absolute atomic E-state index is 12.7. The van der Waals surface area contributed by atoms with Crippen LogP contribution in [0.25, 0.3) is 0 Å². The third kappa shape index (κ3) is 2.44. The first-order chi connectivity index (χ1) is 7.97. The predicted octanol–water partition coefficient (Wildman–Crippen LogP) is 2.30. The van der Waals surface area contributed by atoms with Crippen molar-refractivity contribution < 1.29 is 19.3 Å². The van der Waals surface area contributed by atoms with Gasteiger partial charge in [0.1, 0.15) is 5.82 Å². The third-order valence-electron chi connectivity index (χ3n) is 2.33. The average molecular weight is 233 g/mol. The summed E-state index contributed by atoms with van der Waals surface area (Å²) in [6.07, 6.45) is -2.76. The molecule has 1 saturated heterocycles. The van der Waals surface area contributed by atoms with Gasteiger partial charge in [-0.3, -0.25) is 0 Å². The summed E-state index contributed by atoms with van der Waals surface area (Å²) >= 11 is 0. The minimum absolute atomic E-state index is 0.153. The second-order valence-corrected chi connectivity index (χ2v) is 3.53. The molecular formula is C10H11F3N2O. The number of alkyl halides is 3. The Hall–Kier alpha value is -1.30. The molecule has 3 nitrogen and oxygen atoms in total. The second kappa shape index (κ2) is 4.29. The lowest BCUT2D eigenvalue weighted by Gasteiger charge is -2.16. The van der Waals surface area contributed by atoms with Crippen molar-refractivity contribution in [2.24, 2.45) is 0 Å². The fraction of sp³-hybridized carbons (Fsp3) is 0.500. The highest BCUT2D eigenvalue weighted by atomic mass is 19.4. The van der Waals surface area contributed by atoms with E-state index in [4.69, 9.17) is 6.11 Å². The van der Waals surface area contributed by atoms with Crippen LogP contribution < -0.4 is 5.32 Å². The molecule has 2 rings (SSSR count). The maximum Gasteiger partial charge on any atom is 0.419 e. The van der Waals surface area contributed by atoms with E-state index in [0.29, 0.717) is 19.6 Å². The van der Waals surface area contributed by atoms with Crippen molar-refractivity contribution in [2.45, 2.75) is 18.6 Å². The van der Waals surface area contributed by atoms with Gasteiger partial charge < -0.3 is 10.1 Å². The number of aromatic nitrogens is 1. The molecule has 0 amide bonds. The van der Waals surface area contributed by atoms with Gasteiger partial charge in [-0.15, -0.1) is 0 Å². The Morgan fingerprint density at radius 2 is 2.38 bits per heavy atom. The van der Waals surface area contributed by atoms with Crippen molar-refractivity contribution in [3.8, 4) is 0 Å². The van der Waals surface area contributed by atoms with E-state index in [0.717, 1.165) is 12.3 Å². The Morgan fingerprint density at radius 1 is 1.56 bits per heavy atom. The summed E-state index contributed by atoms with van der Waals surface area (Å²) in [5.41, 5.74) is -0.906. The number of ether oxygens (including phenoxy) is 1. The van der Waals surface area contributed by atoms with Crippen LogP contribution in [0, 0.1) is 0 Å². The summed E-state index contributed by atoms with van der Waals surface area (Å²) in [6, 6.07) is 0.358. The first kappa shape index (κ1) is 9.89. The lowest BCUT2D eigenvalue weighted by Crippen LogP contribution is -2.22. The molecule has 0 radical (unpaired) electrons. The number of anilines is 1. The van der Waals surface area contributed by atoms with Gasteiger partial charge in [-0.2, -0.15) is 13.2 Å². The van der Waals surface area contributed by atoms with Crippen molar-refractivity contribution >= 4 is 5.82 Å². The number of halogens is 3. The van der Waals surface area contributed by atoms with Crippen LogP contribution in [-0.2, 0) is 10.9 Å². The molecule has 2 heterocycles. The zero-order valence-electron chi connectivity index (χ0n) is 9.34. The topological polar surface area (TPSA) is 34.2 Å². The first-order valence-electron chi connectivity index (χ1n) is 5.35. The third-order valence-corrected chi connectivity index (χ3v) is 2.33. The van der Waals surface area contributed by atoms with Crippen LogP contribution in [0.3, 0.4) is 0 Å². The molecule has 0 spiro atoms. The molecule has 6 heteroatoms. The average Bonchev–Trinajstić information content (AvgIpc) is 2.72. The second-order valence-electron chi connectivity index (χ2n) is 3.53. The zero-order valence-corrected chi connectivity index (χ0v) is 8.34. The fourth-order valence-electron chi connectivity index (χ4n) is 1.53. The largest absolute Gasteiger partial charge is 0.419 e. The Balaban J connectivity index is 2.25. The Kier molecular flexibility index (Phi) is 2.65. The molecule has 1 unspecified atom stereocenters. The van der Waals surface area contributed by atoms with E-state index in [-0.39, 0.29) is 17.9 Å². The molecule has 16 heavy (non-hydrogen) atoms. The van der Waals surface area contributed by atoms with E-state index in [1.807, 2.05) is 0 Å². The number of rotatable bonds is 2. The molecule has 1 N–H and O–H groups in total. The van der Waals surface area contributed by atoms with Crippen molar-refractivity contribution in [1.29, 1.82) is 0 Å². The van der Waals surface area contributed by atoms with Gasteiger partial charge in [0.2, 0.25) is 0 Å². The monoisotopic (exact) mass is 233 g/mol. The highest BCUT2D eigenvalue weighted by Gasteiger charge is 2.34. The molecule has 88 valence electrons. The molecule has 1 aliphatic rings. The number of hydrogen-bond acceptors (Lipinski definition) is 3. The van der Waals surface area contributed by atoms with Crippen LogP contribution >= 0.6 is 0 Å². The molecule has 1 fully saturated rings. The zero-order chi connectivity index (χ0) is 12.5. The fourth-order valence-corrected chi connectivity index (χ4v) is 1.53. The SMILES string of the molecule is [2H]c1cnc(NC2CCOC2)c(C(F)(F)F)c1. The summed E-state index contributed by atoms with van der Waals surface area (Å²) in [6.45, 7) is 0.914. The van der Waals surface area contributed by atoms with Gasteiger partial charge in [-0.05, 0) is 18.5 Å². The van der Waals surface area contributed by atoms with Crippen molar-refractivity contribution in [2.75, 3.05) is 18.5 Å². The highest BCUT2D eigenvalue weighted by Crippen LogP contribution is 2.33. The van der Waals surface area contributed by atoms with Gasteiger partial charge in [0, 0.05) is 12.8 Å². The van der Waals surface area contributed by atoms with Gasteiger partial charge in [-0.1, -0.05) is 0 Å². The molecule has 1 aromatic heterocycles. The van der Waals surface area contributed by atoms with Gasteiger partial charge in [0.05, 0.1) is 19.6 Å². The van der Waals surface area contributed by atoms with Crippen LogP contribution in [0.1, 0.15) is 13.4 Å². The number of nitrogens with zero attached hydrogens (tertiary/aromatic N) is 1. The molecular weight excluding hydrogens is 221 g/mol. The molecule has 0 aliphatic carbocycles. The minimum Gasteiger partial charge on any atom is -0.379 e.